The molecule has 0 amide bonds. The number of aromatic nitrogens is 2. The molecule has 0 saturated carbocycles. The largest absolute Gasteiger partial charge is 0.332 e. The molecule has 0 saturated heterocycles. The molecule has 0 aliphatic carbocycles. The molecule has 7 heteroatoms. The number of carbonyl (C=O) groups excluding carboxylic acids is 1. The summed E-state index contributed by atoms with van der Waals surface area (Å²) in [6.45, 7) is 2.17. The minimum absolute atomic E-state index is 0.00784. The van der Waals surface area contributed by atoms with Crippen LogP contribution in [0.4, 0.5) is 11.5 Å². The van der Waals surface area contributed by atoms with Crippen LogP contribution in [0.3, 0.4) is 0 Å². The lowest BCUT2D eigenvalue weighted by atomic mass is 10.1. The first-order valence-electron chi connectivity index (χ1n) is 7.96. The van der Waals surface area contributed by atoms with E-state index in [-0.39, 0.29) is 5.78 Å². The molecule has 0 aliphatic heterocycles. The molecule has 26 heavy (non-hydrogen) atoms. The summed E-state index contributed by atoms with van der Waals surface area (Å²) >= 11 is 11.2. The number of nitrogens with zero attached hydrogens (tertiary/aromatic N) is 2. The number of halogens is 1. The van der Waals surface area contributed by atoms with E-state index in [1.165, 1.54) is 6.92 Å². The molecule has 5 nitrogen and oxygen atoms in total. The predicted octanol–water partition coefficient (Wildman–Crippen LogP) is 4.60. The Morgan fingerprint density at radius 1 is 1.15 bits per heavy atom. The van der Waals surface area contributed by atoms with Crippen LogP contribution in [-0.4, -0.2) is 20.7 Å². The Bertz CT molecular complexity index is 937. The Kier molecular flexibility index (Phi) is 5.65. The minimum Gasteiger partial charge on any atom is -0.332 e. The number of thiocarbonyl (C=S) groups is 1. The molecular formula is C19H17ClN4OS. The summed E-state index contributed by atoms with van der Waals surface area (Å²) in [6, 6.07) is 16.7. The van der Waals surface area contributed by atoms with Crippen molar-refractivity contribution in [1.82, 2.24) is 9.78 Å². The van der Waals surface area contributed by atoms with Gasteiger partial charge in [-0.05, 0) is 49.0 Å². The number of anilines is 2. The topological polar surface area (TPSA) is 59.0 Å². The third kappa shape index (κ3) is 4.91. The SMILES string of the molecule is CC(=O)c1cccc(NC(=S)Nc2ccn(Cc3ccc(Cl)cc3)n2)c1. The summed E-state index contributed by atoms with van der Waals surface area (Å²) in [4.78, 5) is 11.4. The lowest BCUT2D eigenvalue weighted by molar-refractivity contribution is 0.101. The van der Waals surface area contributed by atoms with Crippen molar-refractivity contribution in [2.45, 2.75) is 13.5 Å². The lowest BCUT2D eigenvalue weighted by Gasteiger charge is -2.09. The molecule has 2 aromatic carbocycles. The molecule has 3 rings (SSSR count). The van der Waals surface area contributed by atoms with Crippen LogP contribution >= 0.6 is 23.8 Å². The van der Waals surface area contributed by atoms with Gasteiger partial charge < -0.3 is 10.6 Å². The van der Waals surface area contributed by atoms with Crippen LogP contribution in [0.25, 0.3) is 0 Å². The number of Topliss-reactive ketones (excluding diaryl/α,β-unsaturated/α-hetero) is 1. The smallest absolute Gasteiger partial charge is 0.176 e. The van der Waals surface area contributed by atoms with Crippen LogP contribution in [0.2, 0.25) is 5.02 Å². The molecular weight excluding hydrogens is 368 g/mol. The monoisotopic (exact) mass is 384 g/mol. The number of nitrogens with one attached hydrogen (secondary N) is 2. The third-order valence-electron chi connectivity index (χ3n) is 3.67. The first-order valence-corrected chi connectivity index (χ1v) is 8.75. The van der Waals surface area contributed by atoms with Gasteiger partial charge >= 0.3 is 0 Å². The normalized spacial score (nSPS) is 10.4. The molecule has 0 radical (unpaired) electrons. The van der Waals surface area contributed by atoms with Crippen LogP contribution in [0.5, 0.6) is 0 Å². The summed E-state index contributed by atoms with van der Waals surface area (Å²) < 4.78 is 1.81. The average Bonchev–Trinajstić information content (AvgIpc) is 3.04. The molecule has 2 N–H and O–H groups in total. The number of hydrogen-bond donors (Lipinski definition) is 2. The lowest BCUT2D eigenvalue weighted by Crippen LogP contribution is -2.19. The van der Waals surface area contributed by atoms with Gasteiger partial charge in [0, 0.05) is 28.5 Å². The van der Waals surface area contributed by atoms with E-state index in [1.54, 1.807) is 12.1 Å². The van der Waals surface area contributed by atoms with Crippen LogP contribution in [0.15, 0.2) is 60.8 Å². The molecule has 1 aromatic heterocycles. The molecule has 0 atom stereocenters. The Morgan fingerprint density at radius 3 is 2.65 bits per heavy atom. The van der Waals surface area contributed by atoms with E-state index in [9.17, 15) is 4.79 Å². The van der Waals surface area contributed by atoms with Crippen molar-refractivity contribution in [2.24, 2.45) is 0 Å². The van der Waals surface area contributed by atoms with Crippen molar-refractivity contribution in [2.75, 3.05) is 10.6 Å². The van der Waals surface area contributed by atoms with Crippen molar-refractivity contribution >= 4 is 46.2 Å². The highest BCUT2D eigenvalue weighted by Crippen LogP contribution is 2.13. The summed E-state index contributed by atoms with van der Waals surface area (Å²) in [5, 5.41) is 11.7. The zero-order valence-corrected chi connectivity index (χ0v) is 15.6. The van der Waals surface area contributed by atoms with Crippen LogP contribution < -0.4 is 10.6 Å². The highest BCUT2D eigenvalue weighted by Gasteiger charge is 2.05. The predicted molar refractivity (Wildman–Crippen MR) is 109 cm³/mol. The van der Waals surface area contributed by atoms with Gasteiger partial charge in [0.2, 0.25) is 0 Å². The van der Waals surface area contributed by atoms with E-state index in [0.717, 1.165) is 11.3 Å². The van der Waals surface area contributed by atoms with E-state index in [0.29, 0.717) is 28.1 Å². The fourth-order valence-corrected chi connectivity index (χ4v) is 2.74. The molecule has 0 aliphatic rings. The summed E-state index contributed by atoms with van der Waals surface area (Å²) in [6.07, 6.45) is 1.87. The van der Waals surface area contributed by atoms with Crippen LogP contribution in [-0.2, 0) is 6.54 Å². The molecule has 0 bridgehead atoms. The maximum atomic E-state index is 11.4. The van der Waals surface area contributed by atoms with E-state index in [1.807, 2.05) is 53.3 Å². The van der Waals surface area contributed by atoms with E-state index < -0.39 is 0 Å². The third-order valence-corrected chi connectivity index (χ3v) is 4.12. The van der Waals surface area contributed by atoms with Gasteiger partial charge in [0.25, 0.3) is 0 Å². The minimum atomic E-state index is 0.00784. The second kappa shape index (κ2) is 8.12. The van der Waals surface area contributed by atoms with Gasteiger partial charge in [0.15, 0.2) is 16.7 Å². The number of rotatable bonds is 5. The van der Waals surface area contributed by atoms with Crippen molar-refractivity contribution in [1.29, 1.82) is 0 Å². The highest BCUT2D eigenvalue weighted by atomic mass is 35.5. The number of ketones is 1. The van der Waals surface area contributed by atoms with Gasteiger partial charge in [-0.1, -0.05) is 35.9 Å². The summed E-state index contributed by atoms with van der Waals surface area (Å²) in [5.74, 6) is 0.646. The standard InChI is InChI=1S/C19H17ClN4OS/c1-13(25)15-3-2-4-17(11-15)21-19(26)22-18-9-10-24(23-18)12-14-5-7-16(20)8-6-14/h2-11H,12H2,1H3,(H2,21,22,23,26). The maximum Gasteiger partial charge on any atom is 0.176 e. The zero-order chi connectivity index (χ0) is 18.5. The highest BCUT2D eigenvalue weighted by molar-refractivity contribution is 7.80. The summed E-state index contributed by atoms with van der Waals surface area (Å²) in [7, 11) is 0. The van der Waals surface area contributed by atoms with Gasteiger partial charge in [0.05, 0.1) is 6.54 Å². The number of benzene rings is 2. The van der Waals surface area contributed by atoms with Gasteiger partial charge in [-0.15, -0.1) is 0 Å². The fourth-order valence-electron chi connectivity index (χ4n) is 2.39. The van der Waals surface area contributed by atoms with Gasteiger partial charge in [-0.2, -0.15) is 5.10 Å². The van der Waals surface area contributed by atoms with Crippen molar-refractivity contribution < 1.29 is 4.79 Å². The molecule has 1 heterocycles. The Labute approximate surface area is 162 Å². The molecule has 132 valence electrons. The Hall–Kier alpha value is -2.70. The van der Waals surface area contributed by atoms with Gasteiger partial charge in [0.1, 0.15) is 0 Å². The molecule has 0 fully saturated rings. The second-order valence-corrected chi connectivity index (χ2v) is 6.59. The maximum absolute atomic E-state index is 11.4. The zero-order valence-electron chi connectivity index (χ0n) is 14.1. The van der Waals surface area contributed by atoms with Crippen LogP contribution in [0.1, 0.15) is 22.8 Å². The van der Waals surface area contributed by atoms with Crippen molar-refractivity contribution in [3.8, 4) is 0 Å². The first-order chi connectivity index (χ1) is 12.5. The van der Waals surface area contributed by atoms with E-state index in [4.69, 9.17) is 23.8 Å². The first kappa shape index (κ1) is 18.1. The average molecular weight is 385 g/mol. The molecule has 3 aromatic rings. The van der Waals surface area contributed by atoms with Crippen molar-refractivity contribution in [3.05, 3.63) is 76.9 Å². The Balaban J connectivity index is 1.60. The quantitative estimate of drug-likeness (QED) is 0.497. The van der Waals surface area contributed by atoms with E-state index in [2.05, 4.69) is 15.7 Å². The van der Waals surface area contributed by atoms with Gasteiger partial charge in [-0.25, -0.2) is 0 Å². The van der Waals surface area contributed by atoms with Crippen molar-refractivity contribution in [3.63, 3.8) is 0 Å². The van der Waals surface area contributed by atoms with Crippen LogP contribution in [0, 0.1) is 0 Å². The van der Waals surface area contributed by atoms with Gasteiger partial charge in [-0.3, -0.25) is 9.48 Å². The van der Waals surface area contributed by atoms with E-state index >= 15 is 0 Å². The second-order valence-electron chi connectivity index (χ2n) is 5.74. The fraction of sp³-hybridized carbons (Fsp3) is 0.105. The summed E-state index contributed by atoms with van der Waals surface area (Å²) in [5.41, 5.74) is 2.48. The Morgan fingerprint density at radius 2 is 1.92 bits per heavy atom. The number of carbonyl (C=O) groups is 1. The molecule has 0 unspecified atom stereocenters. The molecule has 0 spiro atoms. The number of hydrogen-bond acceptors (Lipinski definition) is 3.